The Labute approximate surface area is 219 Å². The van der Waals surface area contributed by atoms with Crippen LogP contribution in [0.1, 0.15) is 61.3 Å². The van der Waals surface area contributed by atoms with Crippen LogP contribution in [0.25, 0.3) is 11.3 Å². The number of nitrogens with one attached hydrogen (secondary N) is 2. The van der Waals surface area contributed by atoms with E-state index in [4.69, 9.17) is 4.52 Å². The van der Waals surface area contributed by atoms with Crippen molar-refractivity contribution in [1.82, 2.24) is 25.7 Å². The fraction of sp³-hybridized carbons (Fsp3) is 0.429. The second-order valence-corrected chi connectivity index (χ2v) is 10.1. The molecule has 2 N–H and O–H groups in total. The summed E-state index contributed by atoms with van der Waals surface area (Å²) < 4.78 is 32.6. The average Bonchev–Trinajstić information content (AvgIpc) is 3.62. The fourth-order valence-electron chi connectivity index (χ4n) is 5.48. The Morgan fingerprint density at radius 1 is 1.11 bits per heavy atom. The lowest BCUT2D eigenvalue weighted by Crippen LogP contribution is -2.57. The van der Waals surface area contributed by atoms with E-state index in [9.17, 15) is 18.4 Å². The number of benzene rings is 1. The van der Waals surface area contributed by atoms with Crippen molar-refractivity contribution in [2.24, 2.45) is 5.92 Å². The van der Waals surface area contributed by atoms with Crippen LogP contribution in [-0.4, -0.2) is 52.0 Å². The van der Waals surface area contributed by atoms with E-state index in [1.54, 1.807) is 6.20 Å². The molecule has 2 fully saturated rings. The summed E-state index contributed by atoms with van der Waals surface area (Å²) in [5, 5.41) is 9.82. The van der Waals surface area contributed by atoms with Gasteiger partial charge in [0.25, 0.3) is 5.91 Å². The van der Waals surface area contributed by atoms with Gasteiger partial charge >= 0.3 is 0 Å². The fourth-order valence-corrected chi connectivity index (χ4v) is 5.48. The van der Waals surface area contributed by atoms with Gasteiger partial charge in [0.1, 0.15) is 11.6 Å². The van der Waals surface area contributed by atoms with Gasteiger partial charge < -0.3 is 15.2 Å². The van der Waals surface area contributed by atoms with E-state index in [0.29, 0.717) is 19.0 Å². The van der Waals surface area contributed by atoms with E-state index in [2.05, 4.69) is 25.7 Å². The highest BCUT2D eigenvalue weighted by molar-refractivity contribution is 5.94. The minimum Gasteiger partial charge on any atom is -0.355 e. The third-order valence-corrected chi connectivity index (χ3v) is 7.57. The number of hydrogen-bond acceptors (Lipinski definition) is 6. The number of nitrogens with zero attached hydrogens (tertiary/aromatic N) is 3. The first-order valence-corrected chi connectivity index (χ1v) is 13.1. The van der Waals surface area contributed by atoms with Crippen molar-refractivity contribution in [3.8, 4) is 11.3 Å². The SMILES string of the molecule is C[C@H](NC(=O)[C@@H]1CN(C2CCCC2)CC[C@H]1NC(=O)c1cc(-c2ccc(F)cc2F)on1)c1ccccn1. The summed E-state index contributed by atoms with van der Waals surface area (Å²) in [4.78, 5) is 33.3. The predicted molar refractivity (Wildman–Crippen MR) is 136 cm³/mol. The summed E-state index contributed by atoms with van der Waals surface area (Å²) in [7, 11) is 0. The predicted octanol–water partition coefficient (Wildman–Crippen LogP) is 4.26. The van der Waals surface area contributed by atoms with Gasteiger partial charge in [-0.1, -0.05) is 24.1 Å². The van der Waals surface area contributed by atoms with Crippen LogP contribution in [0.2, 0.25) is 0 Å². The van der Waals surface area contributed by atoms with E-state index in [-0.39, 0.29) is 29.0 Å². The maximum absolute atomic E-state index is 14.2. The highest BCUT2D eigenvalue weighted by Gasteiger charge is 2.39. The van der Waals surface area contributed by atoms with Crippen LogP contribution in [0.3, 0.4) is 0 Å². The monoisotopic (exact) mass is 523 g/mol. The lowest BCUT2D eigenvalue weighted by Gasteiger charge is -2.41. The standard InChI is InChI=1S/C28H31F2N5O3/c1-17(23-8-4-5-12-31-23)32-27(36)21-16-35(19-6-2-3-7-19)13-11-24(21)33-28(37)25-15-26(38-34-25)20-10-9-18(29)14-22(20)30/h4-5,8-10,12,14-15,17,19,21,24H,2-3,6-7,11,13,16H2,1H3,(H,32,36)(H,33,37)/t17-,21+,24+/m0/s1. The number of carbonyl (C=O) groups excluding carboxylic acids is 2. The van der Waals surface area contributed by atoms with E-state index in [1.807, 2.05) is 25.1 Å². The van der Waals surface area contributed by atoms with Crippen molar-refractivity contribution in [2.45, 2.75) is 57.2 Å². The molecule has 0 radical (unpaired) electrons. The maximum atomic E-state index is 14.2. The maximum Gasteiger partial charge on any atom is 0.273 e. The van der Waals surface area contributed by atoms with Gasteiger partial charge in [-0.25, -0.2) is 8.78 Å². The highest BCUT2D eigenvalue weighted by atomic mass is 19.1. The van der Waals surface area contributed by atoms with Gasteiger partial charge in [0, 0.05) is 43.5 Å². The molecule has 1 aliphatic heterocycles. The molecule has 3 atom stereocenters. The summed E-state index contributed by atoms with van der Waals surface area (Å²) in [5.74, 6) is -2.65. The zero-order valence-corrected chi connectivity index (χ0v) is 21.2. The zero-order valence-electron chi connectivity index (χ0n) is 21.2. The van der Waals surface area contributed by atoms with Crippen LogP contribution in [-0.2, 0) is 4.79 Å². The van der Waals surface area contributed by atoms with Crippen molar-refractivity contribution in [3.05, 3.63) is 71.7 Å². The molecule has 3 aromatic rings. The van der Waals surface area contributed by atoms with Gasteiger partial charge in [-0.2, -0.15) is 0 Å². The molecule has 3 heterocycles. The first-order chi connectivity index (χ1) is 18.4. The molecule has 0 unspecified atom stereocenters. The molecule has 10 heteroatoms. The third-order valence-electron chi connectivity index (χ3n) is 7.57. The quantitative estimate of drug-likeness (QED) is 0.480. The Kier molecular flexibility index (Phi) is 7.78. The van der Waals surface area contributed by atoms with Crippen LogP contribution in [0, 0.1) is 17.6 Å². The molecule has 1 saturated carbocycles. The van der Waals surface area contributed by atoms with E-state index in [0.717, 1.165) is 37.2 Å². The summed E-state index contributed by atoms with van der Waals surface area (Å²) in [6, 6.07) is 9.71. The molecule has 0 bridgehead atoms. The number of carbonyl (C=O) groups is 2. The van der Waals surface area contributed by atoms with Gasteiger partial charge in [0.15, 0.2) is 11.5 Å². The molecule has 2 amide bonds. The Balaban J connectivity index is 1.30. The third kappa shape index (κ3) is 5.75. The second-order valence-electron chi connectivity index (χ2n) is 10.1. The van der Waals surface area contributed by atoms with Crippen molar-refractivity contribution in [1.29, 1.82) is 0 Å². The van der Waals surface area contributed by atoms with E-state index in [1.165, 1.54) is 25.0 Å². The van der Waals surface area contributed by atoms with Crippen LogP contribution in [0.15, 0.2) is 53.2 Å². The normalized spacial score (nSPS) is 21.2. The molecule has 2 aliphatic rings. The van der Waals surface area contributed by atoms with Crippen molar-refractivity contribution < 1.29 is 22.9 Å². The Morgan fingerprint density at radius 2 is 1.92 bits per heavy atom. The minimum atomic E-state index is -0.814. The Hall–Kier alpha value is -3.66. The topological polar surface area (TPSA) is 100 Å². The molecule has 1 aromatic carbocycles. The van der Waals surface area contributed by atoms with E-state index >= 15 is 0 Å². The average molecular weight is 524 g/mol. The molecule has 200 valence electrons. The smallest absolute Gasteiger partial charge is 0.273 e. The number of aromatic nitrogens is 2. The molecule has 2 aromatic heterocycles. The number of rotatable bonds is 7. The Morgan fingerprint density at radius 3 is 2.66 bits per heavy atom. The van der Waals surface area contributed by atoms with Gasteiger partial charge in [-0.05, 0) is 50.5 Å². The second kappa shape index (κ2) is 11.4. The van der Waals surface area contributed by atoms with Crippen LogP contribution < -0.4 is 10.6 Å². The molecule has 0 spiro atoms. The molecular weight excluding hydrogens is 492 g/mol. The number of halogens is 2. The number of hydrogen-bond donors (Lipinski definition) is 2. The summed E-state index contributed by atoms with van der Waals surface area (Å²) >= 11 is 0. The molecule has 38 heavy (non-hydrogen) atoms. The number of likely N-dealkylation sites (tertiary alicyclic amines) is 1. The largest absolute Gasteiger partial charge is 0.355 e. The van der Waals surface area contributed by atoms with Crippen LogP contribution >= 0.6 is 0 Å². The molecule has 8 nitrogen and oxygen atoms in total. The van der Waals surface area contributed by atoms with Gasteiger partial charge in [-0.15, -0.1) is 0 Å². The molecule has 1 aliphatic carbocycles. The van der Waals surface area contributed by atoms with Crippen LogP contribution in [0.5, 0.6) is 0 Å². The molecule has 5 rings (SSSR count). The number of amides is 2. The van der Waals surface area contributed by atoms with Crippen molar-refractivity contribution in [3.63, 3.8) is 0 Å². The number of pyridine rings is 1. The van der Waals surface area contributed by atoms with Crippen LogP contribution in [0.4, 0.5) is 8.78 Å². The summed E-state index contributed by atoms with van der Waals surface area (Å²) in [6.07, 6.45) is 6.92. The first-order valence-electron chi connectivity index (χ1n) is 13.1. The molecular formula is C28H31F2N5O3. The summed E-state index contributed by atoms with van der Waals surface area (Å²) in [5.41, 5.74) is 0.722. The minimum absolute atomic E-state index is 0.00332. The van der Waals surface area contributed by atoms with Gasteiger partial charge in [0.05, 0.1) is 23.2 Å². The zero-order chi connectivity index (χ0) is 26.6. The number of piperidine rings is 1. The Bertz CT molecular complexity index is 1280. The van der Waals surface area contributed by atoms with E-state index < -0.39 is 29.5 Å². The first kappa shape index (κ1) is 26.0. The lowest BCUT2D eigenvalue weighted by molar-refractivity contribution is -0.128. The van der Waals surface area contributed by atoms with Crippen molar-refractivity contribution >= 4 is 11.8 Å². The van der Waals surface area contributed by atoms with Gasteiger partial charge in [0.2, 0.25) is 5.91 Å². The summed E-state index contributed by atoms with van der Waals surface area (Å²) in [6.45, 7) is 3.21. The van der Waals surface area contributed by atoms with Crippen molar-refractivity contribution in [2.75, 3.05) is 13.1 Å². The highest BCUT2D eigenvalue weighted by Crippen LogP contribution is 2.29. The van der Waals surface area contributed by atoms with Gasteiger partial charge in [-0.3, -0.25) is 19.5 Å². The molecule has 1 saturated heterocycles. The lowest BCUT2D eigenvalue weighted by atomic mass is 9.89.